The summed E-state index contributed by atoms with van der Waals surface area (Å²) in [4.78, 5) is 16.3. The average molecular weight is 302 g/mol. The molecule has 1 amide bonds. The molecule has 21 heavy (non-hydrogen) atoms. The van der Waals surface area contributed by atoms with E-state index in [4.69, 9.17) is 0 Å². The van der Waals surface area contributed by atoms with Crippen molar-refractivity contribution in [1.29, 1.82) is 0 Å². The molecular formula is C15H18N4OS. The number of hydrogen-bond acceptors (Lipinski definition) is 5. The zero-order valence-electron chi connectivity index (χ0n) is 11.9. The molecular weight excluding hydrogens is 284 g/mol. The lowest BCUT2D eigenvalue weighted by Gasteiger charge is -2.06. The Balaban J connectivity index is 1.41. The highest BCUT2D eigenvalue weighted by atomic mass is 32.1. The first kappa shape index (κ1) is 14.0. The van der Waals surface area contributed by atoms with Crippen molar-refractivity contribution in [2.45, 2.75) is 25.7 Å². The van der Waals surface area contributed by atoms with Gasteiger partial charge in [0.1, 0.15) is 5.82 Å². The van der Waals surface area contributed by atoms with Gasteiger partial charge in [-0.3, -0.25) is 4.79 Å². The second-order valence-corrected chi connectivity index (χ2v) is 6.03. The Morgan fingerprint density at radius 3 is 2.76 bits per heavy atom. The first-order chi connectivity index (χ1) is 10.2. The zero-order chi connectivity index (χ0) is 14.7. The minimum Gasteiger partial charge on any atom is -0.359 e. The molecule has 0 radical (unpaired) electrons. The van der Waals surface area contributed by atoms with Gasteiger partial charge in [-0.25, -0.2) is 4.98 Å². The summed E-state index contributed by atoms with van der Waals surface area (Å²) >= 11 is 1.39. The maximum absolute atomic E-state index is 11.9. The van der Waals surface area contributed by atoms with Crippen LogP contribution in [0.15, 0.2) is 24.3 Å². The van der Waals surface area contributed by atoms with Crippen molar-refractivity contribution in [3.05, 3.63) is 41.2 Å². The topological polar surface area (TPSA) is 66.9 Å². The predicted octanol–water partition coefficient (Wildman–Crippen LogP) is 2.57. The Morgan fingerprint density at radius 2 is 2.05 bits per heavy atom. The summed E-state index contributed by atoms with van der Waals surface area (Å²) in [5.41, 5.74) is 1.84. The molecule has 2 N–H and O–H groups in total. The van der Waals surface area contributed by atoms with Gasteiger partial charge in [0.05, 0.1) is 0 Å². The van der Waals surface area contributed by atoms with E-state index in [1.165, 1.54) is 24.4 Å². The summed E-state index contributed by atoms with van der Waals surface area (Å²) in [6, 6.07) is 7.55. The van der Waals surface area contributed by atoms with E-state index in [0.29, 0.717) is 24.6 Å². The number of aromatic nitrogens is 2. The highest BCUT2D eigenvalue weighted by Crippen LogP contribution is 2.39. The molecule has 1 fully saturated rings. The fourth-order valence-corrected chi connectivity index (χ4v) is 2.64. The van der Waals surface area contributed by atoms with Crippen molar-refractivity contribution in [1.82, 2.24) is 14.7 Å². The van der Waals surface area contributed by atoms with Gasteiger partial charge >= 0.3 is 0 Å². The number of benzene rings is 1. The molecule has 1 aliphatic rings. The van der Waals surface area contributed by atoms with E-state index in [9.17, 15) is 4.79 Å². The normalized spacial score (nSPS) is 14.0. The number of carbonyl (C=O) groups excluding carboxylic acids is 1. The maximum atomic E-state index is 11.9. The molecule has 1 aromatic heterocycles. The van der Waals surface area contributed by atoms with Crippen molar-refractivity contribution in [3.8, 4) is 0 Å². The summed E-state index contributed by atoms with van der Waals surface area (Å²) in [6.45, 7) is 3.21. The lowest BCUT2D eigenvalue weighted by Crippen LogP contribution is -2.28. The van der Waals surface area contributed by atoms with Crippen molar-refractivity contribution >= 4 is 22.6 Å². The molecule has 110 valence electrons. The van der Waals surface area contributed by atoms with Crippen molar-refractivity contribution in [2.24, 2.45) is 0 Å². The summed E-state index contributed by atoms with van der Waals surface area (Å²) < 4.78 is 4.33. The average Bonchev–Trinajstić information content (AvgIpc) is 3.24. The molecule has 5 nitrogen and oxygen atoms in total. The minimum absolute atomic E-state index is 0.0484. The number of hydrogen-bond donors (Lipinski definition) is 2. The van der Waals surface area contributed by atoms with Gasteiger partial charge in [-0.1, -0.05) is 17.7 Å². The Labute approximate surface area is 128 Å². The first-order valence-electron chi connectivity index (χ1n) is 7.15. The van der Waals surface area contributed by atoms with Crippen molar-refractivity contribution < 1.29 is 4.79 Å². The third-order valence-corrected chi connectivity index (χ3v) is 4.07. The highest BCUT2D eigenvalue weighted by molar-refractivity contribution is 7.09. The number of aryl methyl sites for hydroxylation is 1. The van der Waals surface area contributed by atoms with Crippen LogP contribution in [0, 0.1) is 6.92 Å². The number of carbonyl (C=O) groups is 1. The van der Waals surface area contributed by atoms with E-state index in [0.717, 1.165) is 16.5 Å². The molecule has 0 atom stereocenters. The van der Waals surface area contributed by atoms with Crippen LogP contribution in [0.1, 0.15) is 40.5 Å². The fraction of sp³-hybridized carbons (Fsp3) is 0.400. The van der Waals surface area contributed by atoms with Crippen LogP contribution < -0.4 is 10.6 Å². The SMILES string of the molecule is Cc1ccc(C(=O)NCCNc2nc(C3CC3)ns2)cc1. The Morgan fingerprint density at radius 1 is 1.29 bits per heavy atom. The number of nitrogens with zero attached hydrogens (tertiary/aromatic N) is 2. The van der Waals surface area contributed by atoms with E-state index in [1.807, 2.05) is 31.2 Å². The molecule has 0 unspecified atom stereocenters. The van der Waals surface area contributed by atoms with Gasteiger partial charge in [-0.2, -0.15) is 4.37 Å². The third kappa shape index (κ3) is 3.78. The molecule has 0 saturated heterocycles. The number of anilines is 1. The molecule has 1 heterocycles. The minimum atomic E-state index is -0.0484. The molecule has 0 aliphatic heterocycles. The van der Waals surface area contributed by atoms with E-state index in [2.05, 4.69) is 20.0 Å². The number of amides is 1. The molecule has 2 aromatic rings. The van der Waals surface area contributed by atoms with Crippen LogP contribution in [-0.2, 0) is 0 Å². The highest BCUT2D eigenvalue weighted by Gasteiger charge is 2.27. The van der Waals surface area contributed by atoms with Gasteiger partial charge in [0.15, 0.2) is 0 Å². The summed E-state index contributed by atoms with van der Waals surface area (Å²) in [5, 5.41) is 6.91. The maximum Gasteiger partial charge on any atom is 0.251 e. The second kappa shape index (κ2) is 6.22. The van der Waals surface area contributed by atoms with Crippen molar-refractivity contribution in [3.63, 3.8) is 0 Å². The molecule has 3 rings (SSSR count). The summed E-state index contributed by atoms with van der Waals surface area (Å²) in [7, 11) is 0. The van der Waals surface area contributed by atoms with E-state index in [1.54, 1.807) is 0 Å². The molecule has 1 aliphatic carbocycles. The standard InChI is InChI=1S/C15H18N4OS/c1-10-2-4-12(5-3-10)14(20)16-8-9-17-15-18-13(19-21-15)11-6-7-11/h2-5,11H,6-9H2,1H3,(H,16,20)(H,17,18,19). The third-order valence-electron chi connectivity index (χ3n) is 3.38. The smallest absolute Gasteiger partial charge is 0.251 e. The first-order valence-corrected chi connectivity index (χ1v) is 7.92. The van der Waals surface area contributed by atoms with E-state index >= 15 is 0 Å². The van der Waals surface area contributed by atoms with Crippen LogP contribution in [0.2, 0.25) is 0 Å². The Bertz CT molecular complexity index is 619. The Hall–Kier alpha value is -1.95. The van der Waals surface area contributed by atoms with E-state index in [-0.39, 0.29) is 5.91 Å². The lowest BCUT2D eigenvalue weighted by atomic mass is 10.1. The number of rotatable bonds is 6. The van der Waals surface area contributed by atoms with Crippen LogP contribution in [-0.4, -0.2) is 28.4 Å². The van der Waals surface area contributed by atoms with Crippen LogP contribution in [0.4, 0.5) is 5.13 Å². The summed E-state index contributed by atoms with van der Waals surface area (Å²) in [6.07, 6.45) is 2.42. The van der Waals surface area contributed by atoms with E-state index < -0.39 is 0 Å². The van der Waals surface area contributed by atoms with Crippen LogP contribution in [0.3, 0.4) is 0 Å². The van der Waals surface area contributed by atoms with Gasteiger partial charge in [0, 0.05) is 36.1 Å². The van der Waals surface area contributed by atoms with Crippen LogP contribution in [0.25, 0.3) is 0 Å². The molecule has 0 spiro atoms. The largest absolute Gasteiger partial charge is 0.359 e. The predicted molar refractivity (Wildman–Crippen MR) is 83.9 cm³/mol. The molecule has 1 aromatic carbocycles. The van der Waals surface area contributed by atoms with Gasteiger partial charge in [0.25, 0.3) is 5.91 Å². The zero-order valence-corrected chi connectivity index (χ0v) is 12.7. The van der Waals surface area contributed by atoms with Crippen LogP contribution in [0.5, 0.6) is 0 Å². The molecule has 0 bridgehead atoms. The van der Waals surface area contributed by atoms with Gasteiger partial charge in [-0.05, 0) is 31.9 Å². The molecule has 6 heteroatoms. The van der Waals surface area contributed by atoms with Gasteiger partial charge in [-0.15, -0.1) is 0 Å². The fourth-order valence-electron chi connectivity index (χ4n) is 1.97. The quantitative estimate of drug-likeness (QED) is 0.805. The van der Waals surface area contributed by atoms with Gasteiger partial charge < -0.3 is 10.6 Å². The monoisotopic (exact) mass is 302 g/mol. The summed E-state index contributed by atoms with van der Waals surface area (Å²) in [5.74, 6) is 1.50. The second-order valence-electron chi connectivity index (χ2n) is 5.28. The molecule has 1 saturated carbocycles. The Kier molecular flexibility index (Phi) is 4.15. The van der Waals surface area contributed by atoms with Gasteiger partial charge in [0.2, 0.25) is 5.13 Å². The van der Waals surface area contributed by atoms with Crippen LogP contribution >= 0.6 is 11.5 Å². The lowest BCUT2D eigenvalue weighted by molar-refractivity contribution is 0.0955. The van der Waals surface area contributed by atoms with Crippen molar-refractivity contribution in [2.75, 3.05) is 18.4 Å². The number of nitrogens with one attached hydrogen (secondary N) is 2.